The van der Waals surface area contributed by atoms with Crippen molar-refractivity contribution in [3.8, 4) is 5.75 Å². The predicted molar refractivity (Wildman–Crippen MR) is 81.9 cm³/mol. The van der Waals surface area contributed by atoms with Gasteiger partial charge in [0.1, 0.15) is 11.6 Å². The fraction of sp³-hybridized carbons (Fsp3) is 0.333. The molecule has 2 aromatic rings. The molecule has 0 aromatic heterocycles. The molecular formula is C18H20FNO. The van der Waals surface area contributed by atoms with Gasteiger partial charge in [0.15, 0.2) is 0 Å². The fourth-order valence-corrected chi connectivity index (χ4v) is 2.96. The van der Waals surface area contributed by atoms with Crippen LogP contribution in [-0.4, -0.2) is 7.11 Å². The molecule has 0 radical (unpaired) electrons. The minimum Gasteiger partial charge on any atom is -0.497 e. The molecule has 3 heteroatoms. The average Bonchev–Trinajstić information content (AvgIpc) is 2.54. The van der Waals surface area contributed by atoms with E-state index >= 15 is 0 Å². The molecule has 1 unspecified atom stereocenters. The molecule has 0 fully saturated rings. The summed E-state index contributed by atoms with van der Waals surface area (Å²) in [5.41, 5.74) is 3.84. The van der Waals surface area contributed by atoms with Crippen LogP contribution in [0.25, 0.3) is 0 Å². The highest BCUT2D eigenvalue weighted by atomic mass is 19.1. The first-order valence-electron chi connectivity index (χ1n) is 7.41. The topological polar surface area (TPSA) is 21.3 Å². The Labute approximate surface area is 125 Å². The zero-order chi connectivity index (χ0) is 14.7. The Balaban J connectivity index is 1.73. The number of nitrogens with one attached hydrogen (secondary N) is 1. The molecule has 21 heavy (non-hydrogen) atoms. The Morgan fingerprint density at radius 2 is 2.00 bits per heavy atom. The highest BCUT2D eigenvalue weighted by molar-refractivity contribution is 5.39. The first kappa shape index (κ1) is 14.1. The molecule has 0 saturated carbocycles. The average molecular weight is 285 g/mol. The number of halogens is 1. The zero-order valence-corrected chi connectivity index (χ0v) is 12.2. The SMILES string of the molecule is COc1ccc2c(c1)C(NCc1ccc(F)cc1)CCC2. The number of benzene rings is 2. The largest absolute Gasteiger partial charge is 0.497 e. The monoisotopic (exact) mass is 285 g/mol. The van der Waals surface area contributed by atoms with Crippen molar-refractivity contribution in [3.63, 3.8) is 0 Å². The van der Waals surface area contributed by atoms with Crippen molar-refractivity contribution in [3.05, 3.63) is 65.0 Å². The maximum atomic E-state index is 12.9. The quantitative estimate of drug-likeness (QED) is 0.916. The van der Waals surface area contributed by atoms with E-state index in [9.17, 15) is 4.39 Å². The molecule has 2 aromatic carbocycles. The minimum absolute atomic E-state index is 0.188. The van der Waals surface area contributed by atoms with Crippen molar-refractivity contribution >= 4 is 0 Å². The first-order chi connectivity index (χ1) is 10.3. The summed E-state index contributed by atoms with van der Waals surface area (Å²) in [7, 11) is 1.70. The van der Waals surface area contributed by atoms with Gasteiger partial charge in [-0.3, -0.25) is 0 Å². The number of fused-ring (bicyclic) bond motifs is 1. The van der Waals surface area contributed by atoms with Crippen LogP contribution >= 0.6 is 0 Å². The highest BCUT2D eigenvalue weighted by Crippen LogP contribution is 2.32. The number of ether oxygens (including phenoxy) is 1. The van der Waals surface area contributed by atoms with Gasteiger partial charge in [-0.15, -0.1) is 0 Å². The molecule has 1 aliphatic carbocycles. The van der Waals surface area contributed by atoms with Gasteiger partial charge in [-0.2, -0.15) is 0 Å². The second kappa shape index (κ2) is 6.27. The third-order valence-electron chi connectivity index (χ3n) is 4.13. The molecular weight excluding hydrogens is 265 g/mol. The van der Waals surface area contributed by atoms with Crippen LogP contribution in [-0.2, 0) is 13.0 Å². The van der Waals surface area contributed by atoms with Crippen LogP contribution in [0.4, 0.5) is 4.39 Å². The van der Waals surface area contributed by atoms with Gasteiger partial charge >= 0.3 is 0 Å². The normalized spacial score (nSPS) is 17.3. The van der Waals surface area contributed by atoms with E-state index in [0.717, 1.165) is 30.7 Å². The molecule has 1 atom stereocenters. The Hall–Kier alpha value is -1.87. The van der Waals surface area contributed by atoms with E-state index in [1.165, 1.54) is 29.7 Å². The van der Waals surface area contributed by atoms with Gasteiger partial charge in [0.25, 0.3) is 0 Å². The molecule has 0 heterocycles. The van der Waals surface area contributed by atoms with Crippen LogP contribution in [0.5, 0.6) is 5.75 Å². The van der Waals surface area contributed by atoms with E-state index in [1.54, 1.807) is 7.11 Å². The van der Waals surface area contributed by atoms with Gasteiger partial charge in [0.2, 0.25) is 0 Å². The first-order valence-corrected chi connectivity index (χ1v) is 7.41. The summed E-state index contributed by atoms with van der Waals surface area (Å²) in [6.45, 7) is 0.752. The molecule has 1 N–H and O–H groups in total. The summed E-state index contributed by atoms with van der Waals surface area (Å²) in [6.07, 6.45) is 3.45. The summed E-state index contributed by atoms with van der Waals surface area (Å²) in [5, 5.41) is 3.59. The highest BCUT2D eigenvalue weighted by Gasteiger charge is 2.20. The van der Waals surface area contributed by atoms with Gasteiger partial charge in [-0.1, -0.05) is 18.2 Å². The molecule has 0 bridgehead atoms. The number of aryl methyl sites for hydroxylation is 1. The minimum atomic E-state index is -0.188. The van der Waals surface area contributed by atoms with Crippen molar-refractivity contribution in [1.82, 2.24) is 5.32 Å². The van der Waals surface area contributed by atoms with E-state index in [4.69, 9.17) is 4.74 Å². The lowest BCUT2D eigenvalue weighted by atomic mass is 9.87. The Kier molecular flexibility index (Phi) is 4.20. The molecule has 0 spiro atoms. The van der Waals surface area contributed by atoms with E-state index < -0.39 is 0 Å². The lowest BCUT2D eigenvalue weighted by Crippen LogP contribution is -2.24. The third-order valence-corrected chi connectivity index (χ3v) is 4.13. The smallest absolute Gasteiger partial charge is 0.123 e. The second-order valence-electron chi connectivity index (χ2n) is 5.52. The van der Waals surface area contributed by atoms with E-state index in [0.29, 0.717) is 6.04 Å². The molecule has 2 nitrogen and oxygen atoms in total. The summed E-state index contributed by atoms with van der Waals surface area (Å²) in [4.78, 5) is 0. The summed E-state index contributed by atoms with van der Waals surface area (Å²) in [5.74, 6) is 0.718. The second-order valence-corrected chi connectivity index (χ2v) is 5.52. The zero-order valence-electron chi connectivity index (χ0n) is 12.2. The number of methoxy groups -OCH3 is 1. The van der Waals surface area contributed by atoms with Crippen molar-refractivity contribution < 1.29 is 9.13 Å². The molecule has 110 valence electrons. The molecule has 0 amide bonds. The van der Waals surface area contributed by atoms with Crippen LogP contribution in [0, 0.1) is 5.82 Å². The van der Waals surface area contributed by atoms with Crippen molar-refractivity contribution in [2.45, 2.75) is 31.8 Å². The maximum absolute atomic E-state index is 12.9. The standard InChI is InChI=1S/C18H20FNO/c1-21-16-10-7-14-3-2-4-18(17(14)11-16)20-12-13-5-8-15(19)9-6-13/h5-11,18,20H,2-4,12H2,1H3. The Bertz CT molecular complexity index is 609. The van der Waals surface area contributed by atoms with Gasteiger partial charge < -0.3 is 10.1 Å². The maximum Gasteiger partial charge on any atom is 0.123 e. The Morgan fingerprint density at radius 1 is 1.19 bits per heavy atom. The lowest BCUT2D eigenvalue weighted by molar-refractivity contribution is 0.408. The predicted octanol–water partition coefficient (Wildman–Crippen LogP) is 4.00. The van der Waals surface area contributed by atoms with Crippen LogP contribution in [0.1, 0.15) is 35.6 Å². The number of hydrogen-bond acceptors (Lipinski definition) is 2. The summed E-state index contributed by atoms with van der Waals surface area (Å²) in [6, 6.07) is 13.4. The number of rotatable bonds is 4. The van der Waals surface area contributed by atoms with Gasteiger partial charge in [0, 0.05) is 12.6 Å². The Morgan fingerprint density at radius 3 is 2.76 bits per heavy atom. The molecule has 0 aliphatic heterocycles. The van der Waals surface area contributed by atoms with Crippen molar-refractivity contribution in [2.75, 3.05) is 7.11 Å². The summed E-state index contributed by atoms with van der Waals surface area (Å²) >= 11 is 0. The van der Waals surface area contributed by atoms with Crippen molar-refractivity contribution in [2.24, 2.45) is 0 Å². The number of hydrogen-bond donors (Lipinski definition) is 1. The van der Waals surface area contributed by atoms with Crippen LogP contribution in [0.15, 0.2) is 42.5 Å². The molecule has 3 rings (SSSR count). The molecule has 1 aliphatic rings. The molecule has 0 saturated heterocycles. The van der Waals surface area contributed by atoms with E-state index in [1.807, 2.05) is 18.2 Å². The van der Waals surface area contributed by atoms with E-state index in [2.05, 4.69) is 17.4 Å². The van der Waals surface area contributed by atoms with Crippen LogP contribution < -0.4 is 10.1 Å². The van der Waals surface area contributed by atoms with Crippen molar-refractivity contribution in [1.29, 1.82) is 0 Å². The van der Waals surface area contributed by atoms with Gasteiger partial charge in [-0.25, -0.2) is 4.39 Å². The van der Waals surface area contributed by atoms with E-state index in [-0.39, 0.29) is 5.82 Å². The van der Waals surface area contributed by atoms with Gasteiger partial charge in [0.05, 0.1) is 7.11 Å². The third kappa shape index (κ3) is 3.24. The summed E-state index contributed by atoms with van der Waals surface area (Å²) < 4.78 is 18.3. The lowest BCUT2D eigenvalue weighted by Gasteiger charge is -2.27. The van der Waals surface area contributed by atoms with Crippen LogP contribution in [0.2, 0.25) is 0 Å². The fourth-order valence-electron chi connectivity index (χ4n) is 2.96. The van der Waals surface area contributed by atoms with Crippen LogP contribution in [0.3, 0.4) is 0 Å². The van der Waals surface area contributed by atoms with Gasteiger partial charge in [-0.05, 0) is 60.2 Å².